The quantitative estimate of drug-likeness (QED) is 0.855. The number of nitriles is 1. The molecule has 2 saturated heterocycles. The van der Waals surface area contributed by atoms with Gasteiger partial charge in [0.25, 0.3) is 0 Å². The summed E-state index contributed by atoms with van der Waals surface area (Å²) >= 11 is 0. The molecule has 4 nitrogen and oxygen atoms in total. The van der Waals surface area contributed by atoms with Crippen LogP contribution in [0.1, 0.15) is 24.8 Å². The van der Waals surface area contributed by atoms with Gasteiger partial charge >= 0.3 is 0 Å². The van der Waals surface area contributed by atoms with Gasteiger partial charge in [-0.2, -0.15) is 5.26 Å². The standard InChI is InChI=1S/C19H28N4/c1-21-8-5-17(6-9-21)7-10-22-11-13-23(14-12-22)19-4-2-3-18(15-19)16-20/h2-4,15,17H,5-14H2,1H3. The topological polar surface area (TPSA) is 33.5 Å². The van der Waals surface area contributed by atoms with E-state index >= 15 is 0 Å². The predicted molar refractivity (Wildman–Crippen MR) is 94.6 cm³/mol. The second-order valence-corrected chi connectivity index (χ2v) is 7.03. The van der Waals surface area contributed by atoms with E-state index < -0.39 is 0 Å². The largest absolute Gasteiger partial charge is 0.369 e. The number of anilines is 1. The summed E-state index contributed by atoms with van der Waals surface area (Å²) in [7, 11) is 2.23. The Morgan fingerprint density at radius 1 is 1.09 bits per heavy atom. The van der Waals surface area contributed by atoms with Crippen molar-refractivity contribution in [3.63, 3.8) is 0 Å². The molecule has 0 aliphatic carbocycles. The van der Waals surface area contributed by atoms with E-state index in [-0.39, 0.29) is 0 Å². The fraction of sp³-hybridized carbons (Fsp3) is 0.632. The first-order valence-electron chi connectivity index (χ1n) is 8.90. The van der Waals surface area contributed by atoms with Crippen molar-refractivity contribution in [1.82, 2.24) is 9.80 Å². The average molecular weight is 312 g/mol. The van der Waals surface area contributed by atoms with Crippen LogP contribution in [0.15, 0.2) is 24.3 Å². The lowest BCUT2D eigenvalue weighted by Crippen LogP contribution is -2.47. The lowest BCUT2D eigenvalue weighted by atomic mass is 9.93. The van der Waals surface area contributed by atoms with Crippen LogP contribution in [0.3, 0.4) is 0 Å². The maximum atomic E-state index is 9.03. The van der Waals surface area contributed by atoms with Gasteiger partial charge in [-0.25, -0.2) is 0 Å². The van der Waals surface area contributed by atoms with Crippen molar-refractivity contribution in [3.8, 4) is 6.07 Å². The molecule has 1 aromatic carbocycles. The number of nitrogens with zero attached hydrogens (tertiary/aromatic N) is 4. The smallest absolute Gasteiger partial charge is 0.0992 e. The molecular weight excluding hydrogens is 284 g/mol. The molecule has 0 amide bonds. The highest BCUT2D eigenvalue weighted by atomic mass is 15.3. The van der Waals surface area contributed by atoms with Crippen LogP contribution >= 0.6 is 0 Å². The summed E-state index contributed by atoms with van der Waals surface area (Å²) in [6, 6.07) is 10.2. The van der Waals surface area contributed by atoms with Gasteiger partial charge in [-0.3, -0.25) is 4.90 Å². The van der Waals surface area contributed by atoms with Gasteiger partial charge in [0.2, 0.25) is 0 Å². The van der Waals surface area contributed by atoms with E-state index in [0.29, 0.717) is 0 Å². The summed E-state index contributed by atoms with van der Waals surface area (Å²) in [6.45, 7) is 8.22. The van der Waals surface area contributed by atoms with E-state index in [1.807, 2.05) is 18.2 Å². The minimum atomic E-state index is 0.757. The van der Waals surface area contributed by atoms with Crippen LogP contribution < -0.4 is 4.90 Å². The molecule has 3 rings (SSSR count). The minimum Gasteiger partial charge on any atom is -0.369 e. The van der Waals surface area contributed by atoms with Crippen molar-refractivity contribution < 1.29 is 0 Å². The molecule has 23 heavy (non-hydrogen) atoms. The molecule has 0 unspecified atom stereocenters. The molecule has 0 atom stereocenters. The van der Waals surface area contributed by atoms with E-state index in [0.717, 1.165) is 37.7 Å². The van der Waals surface area contributed by atoms with Crippen molar-refractivity contribution in [2.24, 2.45) is 5.92 Å². The zero-order valence-electron chi connectivity index (χ0n) is 14.2. The van der Waals surface area contributed by atoms with Crippen molar-refractivity contribution in [3.05, 3.63) is 29.8 Å². The van der Waals surface area contributed by atoms with Crippen molar-refractivity contribution in [2.45, 2.75) is 19.3 Å². The normalized spacial score (nSPS) is 21.3. The maximum absolute atomic E-state index is 9.03. The molecule has 0 spiro atoms. The lowest BCUT2D eigenvalue weighted by molar-refractivity contribution is 0.182. The third-order valence-electron chi connectivity index (χ3n) is 5.40. The molecule has 2 aliphatic rings. The number of hydrogen-bond acceptors (Lipinski definition) is 4. The van der Waals surface area contributed by atoms with Crippen molar-refractivity contribution >= 4 is 5.69 Å². The number of hydrogen-bond donors (Lipinski definition) is 0. The van der Waals surface area contributed by atoms with Crippen LogP contribution in [-0.2, 0) is 0 Å². The Morgan fingerprint density at radius 3 is 2.52 bits per heavy atom. The average Bonchev–Trinajstić information content (AvgIpc) is 2.62. The Kier molecular flexibility index (Phi) is 5.53. The van der Waals surface area contributed by atoms with Crippen molar-refractivity contribution in [2.75, 3.05) is 57.8 Å². The molecule has 0 bridgehead atoms. The fourth-order valence-electron chi connectivity index (χ4n) is 3.72. The van der Waals surface area contributed by atoms with Gasteiger partial charge in [-0.05, 0) is 70.1 Å². The molecule has 2 aliphatic heterocycles. The lowest BCUT2D eigenvalue weighted by Gasteiger charge is -2.37. The molecular formula is C19H28N4. The maximum Gasteiger partial charge on any atom is 0.0992 e. The first kappa shape index (κ1) is 16.3. The third-order valence-corrected chi connectivity index (χ3v) is 5.40. The monoisotopic (exact) mass is 312 g/mol. The van der Waals surface area contributed by atoms with E-state index in [4.69, 9.17) is 5.26 Å². The highest BCUT2D eigenvalue weighted by Gasteiger charge is 2.20. The van der Waals surface area contributed by atoms with E-state index in [2.05, 4.69) is 33.9 Å². The van der Waals surface area contributed by atoms with Gasteiger partial charge in [0.15, 0.2) is 0 Å². The van der Waals surface area contributed by atoms with Crippen LogP contribution in [-0.4, -0.2) is 62.7 Å². The molecule has 0 aromatic heterocycles. The highest BCUT2D eigenvalue weighted by Crippen LogP contribution is 2.21. The number of piperidine rings is 1. The van der Waals surface area contributed by atoms with Gasteiger partial charge in [-0.1, -0.05) is 6.07 Å². The Morgan fingerprint density at radius 2 is 1.83 bits per heavy atom. The number of benzene rings is 1. The minimum absolute atomic E-state index is 0.757. The van der Waals surface area contributed by atoms with Gasteiger partial charge in [-0.15, -0.1) is 0 Å². The molecule has 124 valence electrons. The summed E-state index contributed by atoms with van der Waals surface area (Å²) in [5.74, 6) is 0.927. The number of rotatable bonds is 4. The van der Waals surface area contributed by atoms with Crippen LogP contribution in [0.5, 0.6) is 0 Å². The molecule has 0 saturated carbocycles. The summed E-state index contributed by atoms with van der Waals surface area (Å²) in [5.41, 5.74) is 1.95. The zero-order chi connectivity index (χ0) is 16.1. The number of piperazine rings is 1. The van der Waals surface area contributed by atoms with Gasteiger partial charge in [0.05, 0.1) is 11.6 Å². The number of likely N-dealkylation sites (tertiary alicyclic amines) is 1. The third kappa shape index (κ3) is 4.46. The Labute approximate surface area is 140 Å². The van der Waals surface area contributed by atoms with Gasteiger partial charge in [0, 0.05) is 31.9 Å². The highest BCUT2D eigenvalue weighted by molar-refractivity contribution is 5.51. The summed E-state index contributed by atoms with van der Waals surface area (Å²) < 4.78 is 0. The SMILES string of the molecule is CN1CCC(CCN2CCN(c3cccc(C#N)c3)CC2)CC1. The van der Waals surface area contributed by atoms with Crippen LogP contribution in [0, 0.1) is 17.2 Å². The predicted octanol–water partition coefficient (Wildman–Crippen LogP) is 2.41. The Balaban J connectivity index is 1.42. The first-order valence-corrected chi connectivity index (χ1v) is 8.90. The molecule has 4 heteroatoms. The summed E-state index contributed by atoms with van der Waals surface area (Å²) in [6.07, 6.45) is 4.10. The van der Waals surface area contributed by atoms with E-state index in [1.54, 1.807) is 0 Å². The Bertz CT molecular complexity index is 535. The molecule has 0 radical (unpaired) electrons. The van der Waals surface area contributed by atoms with E-state index in [1.165, 1.54) is 44.6 Å². The van der Waals surface area contributed by atoms with Crippen LogP contribution in [0.2, 0.25) is 0 Å². The Hall–Kier alpha value is -1.57. The fourth-order valence-corrected chi connectivity index (χ4v) is 3.72. The molecule has 0 N–H and O–H groups in total. The van der Waals surface area contributed by atoms with Crippen molar-refractivity contribution in [1.29, 1.82) is 5.26 Å². The van der Waals surface area contributed by atoms with Gasteiger partial charge in [0.1, 0.15) is 0 Å². The second-order valence-electron chi connectivity index (χ2n) is 7.03. The first-order chi connectivity index (χ1) is 11.2. The second kappa shape index (κ2) is 7.81. The summed E-state index contributed by atoms with van der Waals surface area (Å²) in [4.78, 5) is 7.47. The van der Waals surface area contributed by atoms with Crippen LogP contribution in [0.4, 0.5) is 5.69 Å². The molecule has 2 fully saturated rings. The van der Waals surface area contributed by atoms with E-state index in [9.17, 15) is 0 Å². The summed E-state index contributed by atoms with van der Waals surface area (Å²) in [5, 5.41) is 9.03. The van der Waals surface area contributed by atoms with Gasteiger partial charge < -0.3 is 9.80 Å². The molecule has 2 heterocycles. The molecule has 1 aromatic rings. The zero-order valence-corrected chi connectivity index (χ0v) is 14.2. The van der Waals surface area contributed by atoms with Crippen LogP contribution in [0.25, 0.3) is 0 Å².